The van der Waals surface area contributed by atoms with Crippen LogP contribution >= 0.6 is 0 Å². The molecule has 0 radical (unpaired) electrons. The van der Waals surface area contributed by atoms with Gasteiger partial charge in [-0.1, -0.05) is 0 Å². The maximum absolute atomic E-state index is 9.01. The number of nitriles is 1. The molecular weight excluding hydrogens is 190 g/mol. The summed E-state index contributed by atoms with van der Waals surface area (Å²) in [7, 11) is 0. The van der Waals surface area contributed by atoms with Crippen molar-refractivity contribution in [1.82, 2.24) is 14.8 Å². The van der Waals surface area contributed by atoms with Crippen LogP contribution in [0.1, 0.15) is 11.1 Å². The van der Waals surface area contributed by atoms with Gasteiger partial charge in [0, 0.05) is 6.20 Å². The van der Waals surface area contributed by atoms with Gasteiger partial charge in [-0.15, -0.1) is 0 Å². The van der Waals surface area contributed by atoms with Crippen molar-refractivity contribution in [1.29, 1.82) is 5.26 Å². The quantitative estimate of drug-likeness (QED) is 0.743. The Morgan fingerprint density at radius 2 is 2.33 bits per heavy atom. The van der Waals surface area contributed by atoms with Crippen molar-refractivity contribution in [3.8, 4) is 11.9 Å². The fraction of sp³-hybridized carbons (Fsp3) is 0.100. The van der Waals surface area contributed by atoms with Crippen LogP contribution in [0.25, 0.3) is 5.82 Å². The lowest BCUT2D eigenvalue weighted by Crippen LogP contribution is -2.02. The van der Waals surface area contributed by atoms with Crippen LogP contribution in [-0.4, -0.2) is 14.8 Å². The van der Waals surface area contributed by atoms with E-state index in [1.165, 1.54) is 10.9 Å². The number of hydrogen-bond acceptors (Lipinski definition) is 4. The van der Waals surface area contributed by atoms with Crippen LogP contribution in [0.5, 0.6) is 0 Å². The van der Waals surface area contributed by atoms with E-state index in [-0.39, 0.29) is 0 Å². The van der Waals surface area contributed by atoms with Gasteiger partial charge in [-0.25, -0.2) is 9.67 Å². The monoisotopic (exact) mass is 199 g/mol. The second kappa shape index (κ2) is 3.42. The molecule has 2 aromatic heterocycles. The Balaban J connectivity index is 2.63. The zero-order chi connectivity index (χ0) is 10.8. The minimum Gasteiger partial charge on any atom is -0.396 e. The molecule has 0 aliphatic rings. The molecule has 0 aliphatic carbocycles. The molecule has 2 aromatic rings. The highest BCUT2D eigenvalue weighted by Crippen LogP contribution is 2.14. The van der Waals surface area contributed by atoms with Crippen molar-refractivity contribution < 1.29 is 0 Å². The van der Waals surface area contributed by atoms with Crippen LogP contribution in [0.3, 0.4) is 0 Å². The van der Waals surface area contributed by atoms with E-state index >= 15 is 0 Å². The molecule has 0 saturated heterocycles. The van der Waals surface area contributed by atoms with Gasteiger partial charge in [-0.05, 0) is 18.6 Å². The average Bonchev–Trinajstić information content (AvgIpc) is 2.64. The third-order valence-electron chi connectivity index (χ3n) is 2.07. The predicted molar refractivity (Wildman–Crippen MR) is 55.2 cm³/mol. The number of nitrogens with two attached hydrogens (primary N) is 1. The Morgan fingerprint density at radius 3 is 2.93 bits per heavy atom. The van der Waals surface area contributed by atoms with Crippen molar-refractivity contribution in [2.45, 2.75) is 6.92 Å². The standard InChI is InChI=1S/C10H9N5/c1-7-2-3-13-10(9(7)4-11)15-6-8(12)5-14-15/h2-3,5-6H,12H2,1H3. The number of aromatic nitrogens is 3. The van der Waals surface area contributed by atoms with Gasteiger partial charge in [0.2, 0.25) is 0 Å². The van der Waals surface area contributed by atoms with Crippen molar-refractivity contribution >= 4 is 5.69 Å². The largest absolute Gasteiger partial charge is 0.396 e. The van der Waals surface area contributed by atoms with Gasteiger partial charge in [0.1, 0.15) is 6.07 Å². The minimum atomic E-state index is 0.509. The molecule has 0 unspecified atom stereocenters. The molecule has 0 atom stereocenters. The Bertz CT molecular complexity index is 535. The normalized spacial score (nSPS) is 9.87. The highest BCUT2D eigenvalue weighted by atomic mass is 15.3. The predicted octanol–water partition coefficient (Wildman–Crippen LogP) is 1.03. The van der Waals surface area contributed by atoms with E-state index in [0.717, 1.165) is 5.56 Å². The molecule has 15 heavy (non-hydrogen) atoms. The Morgan fingerprint density at radius 1 is 1.53 bits per heavy atom. The first kappa shape index (κ1) is 9.21. The lowest BCUT2D eigenvalue weighted by Gasteiger charge is -2.04. The van der Waals surface area contributed by atoms with Gasteiger partial charge in [0.25, 0.3) is 0 Å². The van der Waals surface area contributed by atoms with Crippen LogP contribution in [0.2, 0.25) is 0 Å². The summed E-state index contributed by atoms with van der Waals surface area (Å²) in [6.07, 6.45) is 4.79. The highest BCUT2D eigenvalue weighted by molar-refractivity contribution is 5.49. The summed E-state index contributed by atoms with van der Waals surface area (Å²) in [4.78, 5) is 4.12. The van der Waals surface area contributed by atoms with E-state index in [1.54, 1.807) is 18.5 Å². The van der Waals surface area contributed by atoms with Crippen molar-refractivity contribution in [3.05, 3.63) is 35.8 Å². The van der Waals surface area contributed by atoms with Crippen molar-refractivity contribution in [3.63, 3.8) is 0 Å². The fourth-order valence-electron chi connectivity index (χ4n) is 1.31. The van der Waals surface area contributed by atoms with Crippen molar-refractivity contribution in [2.75, 3.05) is 5.73 Å². The van der Waals surface area contributed by atoms with E-state index in [9.17, 15) is 0 Å². The molecule has 0 bridgehead atoms. The Labute approximate surface area is 86.8 Å². The lowest BCUT2D eigenvalue weighted by molar-refractivity contribution is 0.841. The average molecular weight is 199 g/mol. The third-order valence-corrected chi connectivity index (χ3v) is 2.07. The second-order valence-corrected chi connectivity index (χ2v) is 3.16. The van der Waals surface area contributed by atoms with E-state index in [0.29, 0.717) is 17.1 Å². The first-order valence-corrected chi connectivity index (χ1v) is 4.38. The van der Waals surface area contributed by atoms with E-state index in [4.69, 9.17) is 11.0 Å². The highest BCUT2D eigenvalue weighted by Gasteiger charge is 2.08. The smallest absolute Gasteiger partial charge is 0.171 e. The van der Waals surface area contributed by atoms with Gasteiger partial charge in [0.05, 0.1) is 23.6 Å². The molecule has 2 N–H and O–H groups in total. The molecule has 0 aromatic carbocycles. The number of hydrogen-bond donors (Lipinski definition) is 1. The van der Waals surface area contributed by atoms with Crippen LogP contribution < -0.4 is 5.73 Å². The minimum absolute atomic E-state index is 0.509. The lowest BCUT2D eigenvalue weighted by atomic mass is 10.1. The van der Waals surface area contributed by atoms with E-state index in [1.807, 2.05) is 6.92 Å². The maximum atomic E-state index is 9.01. The van der Waals surface area contributed by atoms with Crippen molar-refractivity contribution in [2.24, 2.45) is 0 Å². The van der Waals surface area contributed by atoms with Gasteiger partial charge in [-0.2, -0.15) is 10.4 Å². The Hall–Kier alpha value is -2.35. The van der Waals surface area contributed by atoms with Crippen LogP contribution in [0, 0.1) is 18.3 Å². The maximum Gasteiger partial charge on any atom is 0.171 e. The number of rotatable bonds is 1. The summed E-state index contributed by atoms with van der Waals surface area (Å²) in [6, 6.07) is 3.89. The van der Waals surface area contributed by atoms with Crippen LogP contribution in [0.4, 0.5) is 5.69 Å². The summed E-state index contributed by atoms with van der Waals surface area (Å²) in [5, 5.41) is 13.0. The Kier molecular flexibility index (Phi) is 2.10. The summed E-state index contributed by atoms with van der Waals surface area (Å²) in [5.74, 6) is 0.509. The topological polar surface area (TPSA) is 80.5 Å². The zero-order valence-corrected chi connectivity index (χ0v) is 8.18. The SMILES string of the molecule is Cc1ccnc(-n2cc(N)cn2)c1C#N. The molecule has 2 rings (SSSR count). The molecule has 0 amide bonds. The van der Waals surface area contributed by atoms with E-state index < -0.39 is 0 Å². The van der Waals surface area contributed by atoms with Crippen LogP contribution in [-0.2, 0) is 0 Å². The summed E-state index contributed by atoms with van der Waals surface area (Å²) < 4.78 is 1.50. The molecule has 5 heteroatoms. The van der Waals surface area contributed by atoms with Gasteiger partial charge >= 0.3 is 0 Å². The fourth-order valence-corrected chi connectivity index (χ4v) is 1.31. The van der Waals surface area contributed by atoms with Gasteiger partial charge < -0.3 is 5.73 Å². The summed E-state index contributed by atoms with van der Waals surface area (Å²) in [5.41, 5.74) is 7.48. The molecule has 0 fully saturated rings. The number of nitrogens with zero attached hydrogens (tertiary/aromatic N) is 4. The van der Waals surface area contributed by atoms with Gasteiger partial charge in [0.15, 0.2) is 5.82 Å². The molecule has 0 spiro atoms. The van der Waals surface area contributed by atoms with Gasteiger partial charge in [-0.3, -0.25) is 0 Å². The molecule has 5 nitrogen and oxygen atoms in total. The molecule has 0 aliphatic heterocycles. The number of nitrogen functional groups attached to an aromatic ring is 1. The second-order valence-electron chi connectivity index (χ2n) is 3.16. The summed E-state index contributed by atoms with van der Waals surface area (Å²) in [6.45, 7) is 1.86. The molecular formula is C10H9N5. The third kappa shape index (κ3) is 1.53. The van der Waals surface area contributed by atoms with E-state index in [2.05, 4.69) is 16.2 Å². The number of aryl methyl sites for hydroxylation is 1. The van der Waals surface area contributed by atoms with Crippen LogP contribution in [0.15, 0.2) is 24.7 Å². The first-order valence-electron chi connectivity index (χ1n) is 4.38. The first-order chi connectivity index (χ1) is 7.22. The molecule has 2 heterocycles. The molecule has 74 valence electrons. The number of pyridine rings is 1. The molecule has 0 saturated carbocycles. The number of anilines is 1. The summed E-state index contributed by atoms with van der Waals surface area (Å²) >= 11 is 0. The zero-order valence-electron chi connectivity index (χ0n) is 8.18.